The Labute approximate surface area is 109 Å². The largest absolute Gasteiger partial charge is 0.465 e. The maximum absolute atomic E-state index is 11.8. The molecule has 1 aliphatic rings. The fourth-order valence-corrected chi connectivity index (χ4v) is 3.09. The molecule has 1 heterocycles. The van der Waals surface area contributed by atoms with Gasteiger partial charge in [-0.3, -0.25) is 4.79 Å². The third-order valence-corrected chi connectivity index (χ3v) is 3.76. The van der Waals surface area contributed by atoms with Gasteiger partial charge in [-0.05, 0) is 26.2 Å². The number of aliphatic imine (C=N–C) groups is 1. The van der Waals surface area contributed by atoms with Crippen LogP contribution in [0.25, 0.3) is 0 Å². The zero-order valence-electron chi connectivity index (χ0n) is 10.2. The van der Waals surface area contributed by atoms with Crippen molar-refractivity contribution in [3.63, 3.8) is 0 Å². The number of hydrogen-bond donors (Lipinski definition) is 2. The SMILES string of the molecule is CCOC(=O)[C@@H]1CCCc2sc(N=C(N)N)nc21. The molecule has 1 atom stereocenters. The van der Waals surface area contributed by atoms with Crippen LogP contribution < -0.4 is 11.5 Å². The highest BCUT2D eigenvalue weighted by molar-refractivity contribution is 7.15. The van der Waals surface area contributed by atoms with Crippen LogP contribution in [0.1, 0.15) is 36.3 Å². The first-order valence-electron chi connectivity index (χ1n) is 5.87. The van der Waals surface area contributed by atoms with Gasteiger partial charge in [0.05, 0.1) is 12.3 Å². The number of rotatable bonds is 3. The molecule has 0 saturated heterocycles. The van der Waals surface area contributed by atoms with Gasteiger partial charge in [-0.25, -0.2) is 4.98 Å². The summed E-state index contributed by atoms with van der Waals surface area (Å²) in [4.78, 5) is 21.2. The summed E-state index contributed by atoms with van der Waals surface area (Å²) in [6.45, 7) is 2.18. The van der Waals surface area contributed by atoms with E-state index in [1.165, 1.54) is 11.3 Å². The van der Waals surface area contributed by atoms with Crippen LogP contribution in [-0.4, -0.2) is 23.5 Å². The molecule has 0 aromatic carbocycles. The summed E-state index contributed by atoms with van der Waals surface area (Å²) in [6.07, 6.45) is 2.65. The lowest BCUT2D eigenvalue weighted by Crippen LogP contribution is -2.22. The summed E-state index contributed by atoms with van der Waals surface area (Å²) < 4.78 is 5.07. The number of aromatic nitrogens is 1. The molecule has 0 unspecified atom stereocenters. The number of fused-ring (bicyclic) bond motifs is 1. The number of carbonyl (C=O) groups is 1. The topological polar surface area (TPSA) is 104 Å². The van der Waals surface area contributed by atoms with Crippen LogP contribution in [0.3, 0.4) is 0 Å². The molecule has 98 valence electrons. The van der Waals surface area contributed by atoms with Gasteiger partial charge in [-0.2, -0.15) is 4.99 Å². The molecule has 1 aromatic heterocycles. The summed E-state index contributed by atoms with van der Waals surface area (Å²) in [5.41, 5.74) is 11.4. The first-order valence-corrected chi connectivity index (χ1v) is 6.69. The Morgan fingerprint density at radius 3 is 3.06 bits per heavy atom. The van der Waals surface area contributed by atoms with E-state index in [1.54, 1.807) is 6.92 Å². The summed E-state index contributed by atoms with van der Waals surface area (Å²) in [7, 11) is 0. The number of aryl methyl sites for hydroxylation is 1. The highest BCUT2D eigenvalue weighted by Gasteiger charge is 2.31. The molecule has 18 heavy (non-hydrogen) atoms. The minimum Gasteiger partial charge on any atom is -0.465 e. The third kappa shape index (κ3) is 2.61. The molecule has 6 nitrogen and oxygen atoms in total. The molecule has 0 saturated carbocycles. The van der Waals surface area contributed by atoms with E-state index in [2.05, 4.69) is 9.98 Å². The monoisotopic (exact) mass is 268 g/mol. The Kier molecular flexibility index (Phi) is 3.81. The molecule has 0 spiro atoms. The van der Waals surface area contributed by atoms with Crippen molar-refractivity contribution < 1.29 is 9.53 Å². The van der Waals surface area contributed by atoms with Gasteiger partial charge >= 0.3 is 5.97 Å². The maximum Gasteiger partial charge on any atom is 0.315 e. The molecule has 0 bridgehead atoms. The Morgan fingerprint density at radius 1 is 1.61 bits per heavy atom. The lowest BCUT2D eigenvalue weighted by atomic mass is 9.91. The van der Waals surface area contributed by atoms with E-state index in [0.717, 1.165) is 29.8 Å². The second-order valence-corrected chi connectivity index (χ2v) is 5.10. The van der Waals surface area contributed by atoms with E-state index in [0.29, 0.717) is 11.7 Å². The summed E-state index contributed by atoms with van der Waals surface area (Å²) in [5, 5.41) is 0.510. The number of nitrogens with two attached hydrogens (primary N) is 2. The summed E-state index contributed by atoms with van der Waals surface area (Å²) in [6, 6.07) is 0. The van der Waals surface area contributed by atoms with Crippen molar-refractivity contribution in [2.75, 3.05) is 6.61 Å². The van der Waals surface area contributed by atoms with Gasteiger partial charge in [0.25, 0.3) is 0 Å². The zero-order valence-corrected chi connectivity index (χ0v) is 11.0. The maximum atomic E-state index is 11.8. The van der Waals surface area contributed by atoms with Gasteiger partial charge < -0.3 is 16.2 Å². The van der Waals surface area contributed by atoms with Crippen LogP contribution in [0, 0.1) is 0 Å². The van der Waals surface area contributed by atoms with Crippen LogP contribution in [0.4, 0.5) is 5.13 Å². The molecule has 7 heteroatoms. The molecule has 1 aromatic rings. The Balaban J connectivity index is 2.28. The number of hydrogen-bond acceptors (Lipinski definition) is 5. The van der Waals surface area contributed by atoms with E-state index in [1.807, 2.05) is 0 Å². The number of guanidine groups is 1. The van der Waals surface area contributed by atoms with E-state index in [-0.39, 0.29) is 17.8 Å². The smallest absolute Gasteiger partial charge is 0.315 e. The molecule has 1 aliphatic carbocycles. The van der Waals surface area contributed by atoms with Crippen molar-refractivity contribution in [1.82, 2.24) is 4.98 Å². The van der Waals surface area contributed by atoms with Gasteiger partial charge in [0.2, 0.25) is 5.13 Å². The predicted octanol–water partition coefficient (Wildman–Crippen LogP) is 1.03. The number of esters is 1. The van der Waals surface area contributed by atoms with Crippen LogP contribution in [-0.2, 0) is 16.0 Å². The van der Waals surface area contributed by atoms with Crippen molar-refractivity contribution in [3.05, 3.63) is 10.6 Å². The zero-order chi connectivity index (χ0) is 13.1. The molecule has 2 rings (SSSR count). The molecule has 0 aliphatic heterocycles. The van der Waals surface area contributed by atoms with Crippen molar-refractivity contribution >= 4 is 28.4 Å². The number of nitrogens with zero attached hydrogens (tertiary/aromatic N) is 2. The van der Waals surface area contributed by atoms with E-state index >= 15 is 0 Å². The lowest BCUT2D eigenvalue weighted by Gasteiger charge is -2.18. The number of carbonyl (C=O) groups excluding carboxylic acids is 1. The highest BCUT2D eigenvalue weighted by atomic mass is 32.1. The van der Waals surface area contributed by atoms with Crippen LogP contribution in [0.15, 0.2) is 4.99 Å². The standard InChI is InChI=1S/C11H16N4O2S/c1-2-17-9(16)6-4-3-5-7-8(6)14-11(18-7)15-10(12)13/h6H,2-5H2,1H3,(H4,12,13,14,15)/t6-/m1/s1. The van der Waals surface area contributed by atoms with Gasteiger partial charge in [-0.1, -0.05) is 11.3 Å². The normalized spacial score (nSPS) is 17.9. The van der Waals surface area contributed by atoms with Gasteiger partial charge in [0, 0.05) is 4.88 Å². The van der Waals surface area contributed by atoms with Crippen molar-refractivity contribution in [1.29, 1.82) is 0 Å². The van der Waals surface area contributed by atoms with Crippen molar-refractivity contribution in [3.8, 4) is 0 Å². The van der Waals surface area contributed by atoms with Gasteiger partial charge in [-0.15, -0.1) is 0 Å². The average Bonchev–Trinajstić information content (AvgIpc) is 2.69. The Bertz CT molecular complexity index is 479. The van der Waals surface area contributed by atoms with Crippen LogP contribution in [0.2, 0.25) is 0 Å². The number of ether oxygens (including phenoxy) is 1. The van der Waals surface area contributed by atoms with E-state index < -0.39 is 0 Å². The fourth-order valence-electron chi connectivity index (χ4n) is 2.04. The van der Waals surface area contributed by atoms with E-state index in [4.69, 9.17) is 16.2 Å². The second kappa shape index (κ2) is 5.34. The Morgan fingerprint density at radius 2 is 2.39 bits per heavy atom. The summed E-state index contributed by atoms with van der Waals surface area (Å²) in [5.74, 6) is -0.498. The average molecular weight is 268 g/mol. The number of thiazole rings is 1. The molecular weight excluding hydrogens is 252 g/mol. The minimum atomic E-state index is -0.270. The van der Waals surface area contributed by atoms with Gasteiger partial charge in [0.1, 0.15) is 5.92 Å². The quantitative estimate of drug-likeness (QED) is 0.484. The third-order valence-electron chi connectivity index (χ3n) is 2.74. The lowest BCUT2D eigenvalue weighted by molar-refractivity contribution is -0.145. The molecule has 4 N–H and O–H groups in total. The minimum absolute atomic E-state index is 0.0196. The van der Waals surface area contributed by atoms with Crippen LogP contribution in [0.5, 0.6) is 0 Å². The van der Waals surface area contributed by atoms with Crippen molar-refractivity contribution in [2.45, 2.75) is 32.1 Å². The predicted molar refractivity (Wildman–Crippen MR) is 69.9 cm³/mol. The molecule has 0 fully saturated rings. The van der Waals surface area contributed by atoms with Crippen molar-refractivity contribution in [2.24, 2.45) is 16.5 Å². The summed E-state index contributed by atoms with van der Waals surface area (Å²) >= 11 is 1.44. The molecule has 0 amide bonds. The first-order chi connectivity index (χ1) is 8.61. The van der Waals surface area contributed by atoms with E-state index in [9.17, 15) is 4.79 Å². The highest BCUT2D eigenvalue weighted by Crippen LogP contribution is 2.38. The second-order valence-electron chi connectivity index (χ2n) is 4.04. The molecular formula is C11H16N4O2S. The van der Waals surface area contributed by atoms with Gasteiger partial charge in [0.15, 0.2) is 5.96 Å². The molecule has 0 radical (unpaired) electrons. The van der Waals surface area contributed by atoms with Crippen LogP contribution >= 0.6 is 11.3 Å². The Hall–Kier alpha value is -1.63. The fraction of sp³-hybridized carbons (Fsp3) is 0.545. The first kappa shape index (κ1) is 12.8.